The van der Waals surface area contributed by atoms with Crippen LogP contribution in [0, 0.1) is 5.41 Å². The summed E-state index contributed by atoms with van der Waals surface area (Å²) in [5.74, 6) is 0. The van der Waals surface area contributed by atoms with Crippen LogP contribution in [0.3, 0.4) is 0 Å². The van der Waals surface area contributed by atoms with Gasteiger partial charge in [-0.15, -0.1) is 0 Å². The van der Waals surface area contributed by atoms with Crippen LogP contribution in [0.4, 0.5) is 0 Å². The first-order valence-corrected chi connectivity index (χ1v) is 9.28. The Morgan fingerprint density at radius 1 is 1.13 bits per heavy atom. The quantitative estimate of drug-likeness (QED) is 0.834. The van der Waals surface area contributed by atoms with Crippen LogP contribution in [-0.4, -0.2) is 44.3 Å². The highest BCUT2D eigenvalue weighted by atomic mass is 16.5. The summed E-state index contributed by atoms with van der Waals surface area (Å²) in [6, 6.07) is 11.5. The summed E-state index contributed by atoms with van der Waals surface area (Å²) >= 11 is 0. The third kappa shape index (κ3) is 4.79. The SMILES string of the molecule is COCC1(CNC2CCN(Cc3ccccc3)CC2)CCCC1. The number of rotatable bonds is 7. The number of nitrogens with zero attached hydrogens (tertiary/aromatic N) is 1. The summed E-state index contributed by atoms with van der Waals surface area (Å²) in [6.07, 6.45) is 7.97. The van der Waals surface area contributed by atoms with Gasteiger partial charge in [-0.1, -0.05) is 43.2 Å². The van der Waals surface area contributed by atoms with Crippen LogP contribution in [0.25, 0.3) is 0 Å². The number of hydrogen-bond donors (Lipinski definition) is 1. The van der Waals surface area contributed by atoms with Crippen LogP contribution in [-0.2, 0) is 11.3 Å². The highest BCUT2D eigenvalue weighted by molar-refractivity contribution is 5.14. The normalized spacial score (nSPS) is 22.5. The van der Waals surface area contributed by atoms with E-state index in [9.17, 15) is 0 Å². The largest absolute Gasteiger partial charge is 0.384 e. The Morgan fingerprint density at radius 2 is 1.83 bits per heavy atom. The lowest BCUT2D eigenvalue weighted by atomic mass is 9.86. The highest BCUT2D eigenvalue weighted by Crippen LogP contribution is 2.37. The fourth-order valence-corrected chi connectivity index (χ4v) is 4.30. The second-order valence-corrected chi connectivity index (χ2v) is 7.56. The lowest BCUT2D eigenvalue weighted by Gasteiger charge is -2.35. The molecule has 2 fully saturated rings. The summed E-state index contributed by atoms with van der Waals surface area (Å²) in [5, 5.41) is 3.87. The van der Waals surface area contributed by atoms with Gasteiger partial charge in [-0.3, -0.25) is 4.90 Å². The van der Waals surface area contributed by atoms with Gasteiger partial charge >= 0.3 is 0 Å². The first-order valence-electron chi connectivity index (χ1n) is 9.28. The Hall–Kier alpha value is -0.900. The fourth-order valence-electron chi connectivity index (χ4n) is 4.30. The molecule has 1 saturated carbocycles. The summed E-state index contributed by atoms with van der Waals surface area (Å²) in [7, 11) is 1.85. The number of methoxy groups -OCH3 is 1. The van der Waals surface area contributed by atoms with E-state index >= 15 is 0 Å². The van der Waals surface area contributed by atoms with Crippen molar-refractivity contribution >= 4 is 0 Å². The Labute approximate surface area is 141 Å². The molecule has 1 heterocycles. The minimum atomic E-state index is 0.413. The molecule has 1 N–H and O–H groups in total. The molecule has 3 heteroatoms. The Bertz CT molecular complexity index is 448. The molecule has 1 saturated heterocycles. The van der Waals surface area contributed by atoms with Crippen molar-refractivity contribution in [2.75, 3.05) is 33.4 Å². The number of ether oxygens (including phenoxy) is 1. The maximum atomic E-state index is 5.50. The number of likely N-dealkylation sites (tertiary alicyclic amines) is 1. The number of hydrogen-bond acceptors (Lipinski definition) is 3. The zero-order valence-electron chi connectivity index (χ0n) is 14.6. The van der Waals surface area contributed by atoms with Crippen LogP contribution in [0.2, 0.25) is 0 Å². The van der Waals surface area contributed by atoms with Crippen LogP contribution < -0.4 is 5.32 Å². The second-order valence-electron chi connectivity index (χ2n) is 7.56. The van der Waals surface area contributed by atoms with Crippen LogP contribution in [0.15, 0.2) is 30.3 Å². The van der Waals surface area contributed by atoms with Gasteiger partial charge in [-0.05, 0) is 44.3 Å². The van der Waals surface area contributed by atoms with Crippen molar-refractivity contribution in [3.63, 3.8) is 0 Å². The van der Waals surface area contributed by atoms with Crippen LogP contribution >= 0.6 is 0 Å². The number of benzene rings is 1. The standard InChI is InChI=1S/C20H32N2O/c1-23-17-20(11-5-6-12-20)16-21-19-9-13-22(14-10-19)15-18-7-3-2-4-8-18/h2-4,7-8,19,21H,5-6,9-17H2,1H3. The van der Waals surface area contributed by atoms with Gasteiger partial charge in [0.2, 0.25) is 0 Å². The summed E-state index contributed by atoms with van der Waals surface area (Å²) in [5.41, 5.74) is 1.85. The van der Waals surface area contributed by atoms with Crippen molar-refractivity contribution in [2.45, 2.75) is 51.1 Å². The topological polar surface area (TPSA) is 24.5 Å². The summed E-state index contributed by atoms with van der Waals surface area (Å²) in [6.45, 7) is 5.59. The molecular formula is C20H32N2O. The molecule has 3 rings (SSSR count). The van der Waals surface area contributed by atoms with E-state index in [1.807, 2.05) is 7.11 Å². The van der Waals surface area contributed by atoms with E-state index in [1.165, 1.54) is 57.2 Å². The third-order valence-corrected chi connectivity index (χ3v) is 5.72. The maximum absolute atomic E-state index is 5.50. The molecular weight excluding hydrogens is 284 g/mol. The van der Waals surface area contributed by atoms with Gasteiger partial charge < -0.3 is 10.1 Å². The molecule has 0 spiro atoms. The van der Waals surface area contributed by atoms with Crippen LogP contribution in [0.1, 0.15) is 44.1 Å². The lowest BCUT2D eigenvalue weighted by Crippen LogP contribution is -2.46. The Kier molecular flexibility index (Phi) is 6.09. The van der Waals surface area contributed by atoms with Crippen molar-refractivity contribution in [3.05, 3.63) is 35.9 Å². The number of piperidine rings is 1. The van der Waals surface area contributed by atoms with Gasteiger partial charge in [-0.2, -0.15) is 0 Å². The summed E-state index contributed by atoms with van der Waals surface area (Å²) in [4.78, 5) is 2.59. The molecule has 1 aromatic carbocycles. The lowest BCUT2D eigenvalue weighted by molar-refractivity contribution is 0.0766. The van der Waals surface area contributed by atoms with Crippen molar-refractivity contribution in [1.82, 2.24) is 10.2 Å². The molecule has 2 aliphatic rings. The van der Waals surface area contributed by atoms with Crippen molar-refractivity contribution < 1.29 is 4.74 Å². The molecule has 0 atom stereocenters. The molecule has 3 nitrogen and oxygen atoms in total. The van der Waals surface area contributed by atoms with E-state index in [0.29, 0.717) is 11.5 Å². The van der Waals surface area contributed by atoms with E-state index in [-0.39, 0.29) is 0 Å². The smallest absolute Gasteiger partial charge is 0.0530 e. The van der Waals surface area contributed by atoms with Gasteiger partial charge in [0.15, 0.2) is 0 Å². The predicted octanol–water partition coefficient (Wildman–Crippen LogP) is 3.45. The Morgan fingerprint density at radius 3 is 2.48 bits per heavy atom. The average molecular weight is 316 g/mol. The van der Waals surface area contributed by atoms with E-state index in [0.717, 1.165) is 19.7 Å². The van der Waals surface area contributed by atoms with E-state index < -0.39 is 0 Å². The first-order chi connectivity index (χ1) is 11.3. The minimum Gasteiger partial charge on any atom is -0.384 e. The molecule has 1 aliphatic carbocycles. The highest BCUT2D eigenvalue weighted by Gasteiger charge is 2.34. The molecule has 0 unspecified atom stereocenters. The van der Waals surface area contributed by atoms with Crippen molar-refractivity contribution in [1.29, 1.82) is 0 Å². The fraction of sp³-hybridized carbons (Fsp3) is 0.700. The first kappa shape index (κ1) is 16.9. The van der Waals surface area contributed by atoms with E-state index in [1.54, 1.807) is 0 Å². The van der Waals surface area contributed by atoms with Gasteiger partial charge in [0.25, 0.3) is 0 Å². The predicted molar refractivity (Wildman–Crippen MR) is 95.5 cm³/mol. The molecule has 0 aromatic heterocycles. The summed E-state index contributed by atoms with van der Waals surface area (Å²) < 4.78 is 5.50. The van der Waals surface area contributed by atoms with E-state index in [4.69, 9.17) is 4.74 Å². The van der Waals surface area contributed by atoms with Crippen molar-refractivity contribution in [3.8, 4) is 0 Å². The van der Waals surface area contributed by atoms with Gasteiger partial charge in [0, 0.05) is 31.7 Å². The number of nitrogens with one attached hydrogen (secondary N) is 1. The molecule has 1 aliphatic heterocycles. The van der Waals surface area contributed by atoms with Gasteiger partial charge in [-0.25, -0.2) is 0 Å². The minimum absolute atomic E-state index is 0.413. The monoisotopic (exact) mass is 316 g/mol. The molecule has 23 heavy (non-hydrogen) atoms. The zero-order chi connectivity index (χ0) is 16.0. The van der Waals surface area contributed by atoms with Crippen LogP contribution in [0.5, 0.6) is 0 Å². The molecule has 128 valence electrons. The third-order valence-electron chi connectivity index (χ3n) is 5.72. The zero-order valence-corrected chi connectivity index (χ0v) is 14.6. The van der Waals surface area contributed by atoms with E-state index in [2.05, 4.69) is 40.5 Å². The molecule has 1 aromatic rings. The molecule has 0 amide bonds. The average Bonchev–Trinajstić information content (AvgIpc) is 3.05. The van der Waals surface area contributed by atoms with Gasteiger partial charge in [0.05, 0.1) is 6.61 Å². The van der Waals surface area contributed by atoms with Crippen molar-refractivity contribution in [2.24, 2.45) is 5.41 Å². The molecule has 0 bridgehead atoms. The maximum Gasteiger partial charge on any atom is 0.0530 e. The Balaban J connectivity index is 1.40. The molecule has 0 radical (unpaired) electrons. The second kappa shape index (κ2) is 8.27. The van der Waals surface area contributed by atoms with Gasteiger partial charge in [0.1, 0.15) is 0 Å².